The highest BCUT2D eigenvalue weighted by molar-refractivity contribution is 6.91. The average molecular weight is 310 g/mol. The van der Waals surface area contributed by atoms with Crippen molar-refractivity contribution in [3.63, 3.8) is 0 Å². The number of allylic oxidation sites excluding steroid dienone is 1. The van der Waals surface area contributed by atoms with Crippen LogP contribution in [0.15, 0.2) is 71.4 Å². The lowest BCUT2D eigenvalue weighted by molar-refractivity contribution is -0.132. The fourth-order valence-corrected chi connectivity index (χ4v) is 6.49. The number of carboxylic acids is 1. The highest BCUT2D eigenvalue weighted by Gasteiger charge is 2.26. The number of benzene rings is 2. The summed E-state index contributed by atoms with van der Waals surface area (Å²) >= 11 is 0. The van der Waals surface area contributed by atoms with Gasteiger partial charge in [0.1, 0.15) is 8.80 Å². The maximum absolute atomic E-state index is 11.6. The van der Waals surface area contributed by atoms with E-state index in [0.717, 1.165) is 5.20 Å². The molecule has 0 saturated heterocycles. The maximum atomic E-state index is 11.6. The topological polar surface area (TPSA) is 37.3 Å². The predicted molar refractivity (Wildman–Crippen MR) is 94.5 cm³/mol. The van der Waals surface area contributed by atoms with E-state index in [4.69, 9.17) is 0 Å². The van der Waals surface area contributed by atoms with Crippen LogP contribution in [0.1, 0.15) is 20.8 Å². The van der Waals surface area contributed by atoms with Crippen molar-refractivity contribution >= 4 is 25.1 Å². The van der Waals surface area contributed by atoms with Crippen LogP contribution in [0, 0.1) is 5.92 Å². The first kappa shape index (κ1) is 16.2. The molecule has 0 aliphatic heterocycles. The Morgan fingerprint density at radius 1 is 0.909 bits per heavy atom. The Balaban J connectivity index is 2.68. The van der Waals surface area contributed by atoms with Crippen LogP contribution in [-0.4, -0.2) is 19.9 Å². The summed E-state index contributed by atoms with van der Waals surface area (Å²) in [4.78, 5) is 11.6. The molecule has 0 saturated carbocycles. The van der Waals surface area contributed by atoms with Crippen LogP contribution >= 0.6 is 0 Å². The van der Waals surface area contributed by atoms with Gasteiger partial charge < -0.3 is 5.11 Å². The van der Waals surface area contributed by atoms with E-state index >= 15 is 0 Å². The molecule has 3 heteroatoms. The SMILES string of the molecule is CC(C(=O)O)=C(C(C)C)[SiH](c1ccccc1)c1ccccc1. The monoisotopic (exact) mass is 310 g/mol. The Bertz CT molecular complexity index is 621. The maximum Gasteiger partial charge on any atom is 0.330 e. The van der Waals surface area contributed by atoms with Gasteiger partial charge in [0.05, 0.1) is 0 Å². The first-order valence-electron chi connectivity index (χ1n) is 7.56. The molecule has 0 aliphatic carbocycles. The molecule has 0 spiro atoms. The molecular formula is C19H22O2Si. The van der Waals surface area contributed by atoms with Gasteiger partial charge >= 0.3 is 5.97 Å². The summed E-state index contributed by atoms with van der Waals surface area (Å²) in [7, 11) is -1.74. The molecule has 0 fully saturated rings. The van der Waals surface area contributed by atoms with E-state index < -0.39 is 14.8 Å². The van der Waals surface area contributed by atoms with Gasteiger partial charge in [-0.15, -0.1) is 0 Å². The van der Waals surface area contributed by atoms with Gasteiger partial charge in [0, 0.05) is 5.57 Å². The van der Waals surface area contributed by atoms with Crippen molar-refractivity contribution < 1.29 is 9.90 Å². The lowest BCUT2D eigenvalue weighted by Gasteiger charge is -2.24. The number of carboxylic acid groups (broad SMARTS) is 1. The van der Waals surface area contributed by atoms with E-state index in [0.29, 0.717) is 5.57 Å². The molecule has 2 rings (SSSR count). The highest BCUT2D eigenvalue weighted by Crippen LogP contribution is 2.19. The van der Waals surface area contributed by atoms with Gasteiger partial charge in [-0.25, -0.2) is 4.79 Å². The van der Waals surface area contributed by atoms with Crippen LogP contribution in [0.25, 0.3) is 0 Å². The van der Waals surface area contributed by atoms with Gasteiger partial charge in [0.25, 0.3) is 0 Å². The molecule has 2 aromatic carbocycles. The van der Waals surface area contributed by atoms with Crippen molar-refractivity contribution in [2.75, 3.05) is 0 Å². The second kappa shape index (κ2) is 7.23. The van der Waals surface area contributed by atoms with E-state index in [1.165, 1.54) is 10.4 Å². The van der Waals surface area contributed by atoms with Crippen molar-refractivity contribution in [1.82, 2.24) is 0 Å². The average Bonchev–Trinajstić information content (AvgIpc) is 2.53. The van der Waals surface area contributed by atoms with Crippen molar-refractivity contribution in [2.24, 2.45) is 5.92 Å². The molecule has 0 unspecified atom stereocenters. The standard InChI is InChI=1S/C19H22O2Si/c1-14(2)18(15(3)19(20)21)22(16-10-6-4-7-11-16)17-12-8-5-9-13-17/h4-14,22H,1-3H3,(H,20,21). The Hall–Kier alpha value is -2.13. The second-order valence-corrected chi connectivity index (χ2v) is 8.62. The Morgan fingerprint density at radius 2 is 1.32 bits per heavy atom. The molecule has 0 aliphatic rings. The van der Waals surface area contributed by atoms with Crippen molar-refractivity contribution in [2.45, 2.75) is 20.8 Å². The summed E-state index contributed by atoms with van der Waals surface area (Å²) in [6.07, 6.45) is 0. The Morgan fingerprint density at radius 3 is 1.64 bits per heavy atom. The summed E-state index contributed by atoms with van der Waals surface area (Å²) < 4.78 is 0. The summed E-state index contributed by atoms with van der Waals surface area (Å²) in [6, 6.07) is 20.6. The minimum Gasteiger partial charge on any atom is -0.478 e. The molecule has 0 bridgehead atoms. The Kier molecular flexibility index (Phi) is 5.34. The summed E-state index contributed by atoms with van der Waals surface area (Å²) in [5.41, 5.74) is 0.499. The minimum atomic E-state index is -1.74. The fraction of sp³-hybridized carbons (Fsp3) is 0.211. The zero-order chi connectivity index (χ0) is 16.1. The quantitative estimate of drug-likeness (QED) is 0.681. The molecular weight excluding hydrogens is 288 g/mol. The first-order valence-corrected chi connectivity index (χ1v) is 9.29. The van der Waals surface area contributed by atoms with Gasteiger partial charge in [0.15, 0.2) is 0 Å². The smallest absolute Gasteiger partial charge is 0.330 e. The van der Waals surface area contributed by atoms with E-state index in [9.17, 15) is 9.90 Å². The first-order chi connectivity index (χ1) is 10.5. The van der Waals surface area contributed by atoms with Crippen LogP contribution in [0.4, 0.5) is 0 Å². The molecule has 0 radical (unpaired) electrons. The van der Waals surface area contributed by atoms with E-state index in [2.05, 4.69) is 38.1 Å². The molecule has 0 amide bonds. The lowest BCUT2D eigenvalue weighted by atomic mass is 10.1. The van der Waals surface area contributed by atoms with Gasteiger partial charge in [-0.3, -0.25) is 0 Å². The summed E-state index contributed by atoms with van der Waals surface area (Å²) in [5.74, 6) is -0.596. The molecule has 114 valence electrons. The molecule has 0 atom stereocenters. The molecule has 1 N–H and O–H groups in total. The van der Waals surface area contributed by atoms with Crippen LogP contribution in [0.2, 0.25) is 0 Å². The Labute approximate surface area is 133 Å². The summed E-state index contributed by atoms with van der Waals surface area (Å²) in [6.45, 7) is 5.92. The summed E-state index contributed by atoms with van der Waals surface area (Å²) in [5, 5.41) is 13.1. The fourth-order valence-electron chi connectivity index (χ4n) is 2.95. The van der Waals surface area contributed by atoms with Crippen LogP contribution < -0.4 is 10.4 Å². The van der Waals surface area contributed by atoms with Gasteiger partial charge in [-0.2, -0.15) is 0 Å². The van der Waals surface area contributed by atoms with Gasteiger partial charge in [-0.1, -0.05) is 90.1 Å². The zero-order valence-electron chi connectivity index (χ0n) is 13.3. The van der Waals surface area contributed by atoms with Gasteiger partial charge in [0.2, 0.25) is 0 Å². The number of hydrogen-bond donors (Lipinski definition) is 1. The van der Waals surface area contributed by atoms with Crippen LogP contribution in [-0.2, 0) is 4.79 Å². The van der Waals surface area contributed by atoms with Crippen LogP contribution in [0.5, 0.6) is 0 Å². The number of hydrogen-bond acceptors (Lipinski definition) is 1. The van der Waals surface area contributed by atoms with Crippen molar-refractivity contribution in [3.05, 3.63) is 71.4 Å². The third-order valence-corrected chi connectivity index (χ3v) is 7.78. The molecule has 0 heterocycles. The number of carbonyl (C=O) groups is 1. The number of aliphatic carboxylic acids is 1. The third-order valence-electron chi connectivity index (χ3n) is 3.95. The van der Waals surface area contributed by atoms with Crippen molar-refractivity contribution in [3.8, 4) is 0 Å². The molecule has 2 aromatic rings. The minimum absolute atomic E-state index is 0.216. The van der Waals surface area contributed by atoms with E-state index in [-0.39, 0.29) is 5.92 Å². The highest BCUT2D eigenvalue weighted by atomic mass is 28.3. The van der Waals surface area contributed by atoms with Crippen molar-refractivity contribution in [1.29, 1.82) is 0 Å². The second-order valence-electron chi connectivity index (χ2n) is 5.79. The van der Waals surface area contributed by atoms with Crippen LogP contribution in [0.3, 0.4) is 0 Å². The van der Waals surface area contributed by atoms with E-state index in [1.807, 2.05) is 36.4 Å². The van der Waals surface area contributed by atoms with E-state index in [1.54, 1.807) is 6.92 Å². The molecule has 2 nitrogen and oxygen atoms in total. The normalized spacial score (nSPS) is 12.4. The van der Waals surface area contributed by atoms with Gasteiger partial charge in [-0.05, 0) is 12.8 Å². The largest absolute Gasteiger partial charge is 0.478 e. The molecule has 22 heavy (non-hydrogen) atoms. The third kappa shape index (κ3) is 3.54. The molecule has 0 aromatic heterocycles. The zero-order valence-corrected chi connectivity index (χ0v) is 14.4. The predicted octanol–water partition coefficient (Wildman–Crippen LogP) is 2.62. The lowest BCUT2D eigenvalue weighted by Crippen LogP contribution is -2.46. The number of rotatable bonds is 5.